The molecule has 0 unspecified atom stereocenters. The average molecular weight is 332 g/mol. The molecule has 3 rings (SSSR count). The van der Waals surface area contributed by atoms with Crippen LogP contribution in [0.3, 0.4) is 0 Å². The summed E-state index contributed by atoms with van der Waals surface area (Å²) in [5.41, 5.74) is 0. The van der Waals surface area contributed by atoms with Crippen molar-refractivity contribution < 1.29 is 13.9 Å². The number of anilines is 1. The highest BCUT2D eigenvalue weighted by Gasteiger charge is 2.20. The smallest absolute Gasteiger partial charge is 0.165 e. The Kier molecular flexibility index (Phi) is 5.92. The molecule has 1 N–H and O–H groups in total. The Hall–Kier alpha value is -2.25. The fourth-order valence-electron chi connectivity index (χ4n) is 2.57. The van der Waals surface area contributed by atoms with Crippen molar-refractivity contribution in [3.63, 3.8) is 0 Å². The van der Waals surface area contributed by atoms with Gasteiger partial charge in [-0.2, -0.15) is 5.10 Å². The molecule has 0 saturated carbocycles. The van der Waals surface area contributed by atoms with Crippen molar-refractivity contribution in [1.29, 1.82) is 0 Å². The predicted octanol–water partition coefficient (Wildman–Crippen LogP) is 1.81. The largest absolute Gasteiger partial charge is 0.489 e. The summed E-state index contributed by atoms with van der Waals surface area (Å²) < 4.78 is 24.8. The molecule has 7 heteroatoms. The lowest BCUT2D eigenvalue weighted by atomic mass is 10.2. The molecule has 0 spiro atoms. The molecule has 24 heavy (non-hydrogen) atoms. The Bertz CT molecular complexity index is 629. The number of hydrogen-bond donors (Lipinski definition) is 1. The molecule has 2 aromatic rings. The lowest BCUT2D eigenvalue weighted by Gasteiger charge is -2.32. The molecule has 1 atom stereocenters. The monoisotopic (exact) mass is 332 g/mol. The van der Waals surface area contributed by atoms with Crippen LogP contribution < -0.4 is 10.1 Å². The molecule has 1 aromatic carbocycles. The van der Waals surface area contributed by atoms with Crippen LogP contribution >= 0.6 is 0 Å². The molecule has 1 aromatic heterocycles. The van der Waals surface area contributed by atoms with Gasteiger partial charge in [0.2, 0.25) is 0 Å². The molecule has 0 amide bonds. The molecule has 6 nitrogen and oxygen atoms in total. The summed E-state index contributed by atoms with van der Waals surface area (Å²) in [6.45, 7) is 4.18. The molecule has 1 fully saturated rings. The first-order valence-electron chi connectivity index (χ1n) is 8.04. The number of ether oxygens (including phenoxy) is 2. The van der Waals surface area contributed by atoms with Crippen LogP contribution in [0.2, 0.25) is 0 Å². The van der Waals surface area contributed by atoms with E-state index in [0.717, 1.165) is 25.5 Å². The van der Waals surface area contributed by atoms with Crippen LogP contribution in [0.1, 0.15) is 0 Å². The van der Waals surface area contributed by atoms with Crippen LogP contribution in [0.25, 0.3) is 0 Å². The van der Waals surface area contributed by atoms with Gasteiger partial charge in [0.05, 0.1) is 12.7 Å². The number of nitrogens with zero attached hydrogens (tertiary/aromatic N) is 3. The second-order valence-corrected chi connectivity index (χ2v) is 5.56. The van der Waals surface area contributed by atoms with Crippen LogP contribution in [0.5, 0.6) is 5.75 Å². The first-order valence-corrected chi connectivity index (χ1v) is 8.04. The molecule has 0 aliphatic carbocycles. The molecular formula is C17H21FN4O2. The topological polar surface area (TPSA) is 59.5 Å². The van der Waals surface area contributed by atoms with E-state index >= 15 is 0 Å². The zero-order valence-corrected chi connectivity index (χ0v) is 13.4. The number of nitrogens with one attached hydrogen (secondary N) is 1. The quantitative estimate of drug-likeness (QED) is 0.834. The van der Waals surface area contributed by atoms with Crippen LogP contribution in [-0.2, 0) is 4.74 Å². The van der Waals surface area contributed by atoms with Crippen molar-refractivity contribution >= 4 is 5.82 Å². The van der Waals surface area contributed by atoms with Crippen LogP contribution in [0.15, 0.2) is 42.6 Å². The Morgan fingerprint density at radius 3 is 3.04 bits per heavy atom. The molecule has 0 bridgehead atoms. The van der Waals surface area contributed by atoms with E-state index in [1.807, 2.05) is 12.1 Å². The SMILES string of the molecule is Fc1ccccc1OCCN1CCO[C@@H](CNc2cccnn2)C1. The van der Waals surface area contributed by atoms with Gasteiger partial charge in [0.15, 0.2) is 11.6 Å². The fraction of sp³-hybridized carbons (Fsp3) is 0.412. The zero-order valence-electron chi connectivity index (χ0n) is 13.4. The lowest BCUT2D eigenvalue weighted by molar-refractivity contribution is -0.0243. The number of halogens is 1. The highest BCUT2D eigenvalue weighted by molar-refractivity contribution is 5.31. The maximum Gasteiger partial charge on any atom is 0.165 e. The summed E-state index contributed by atoms with van der Waals surface area (Å²) in [4.78, 5) is 2.26. The van der Waals surface area contributed by atoms with E-state index in [0.29, 0.717) is 25.5 Å². The van der Waals surface area contributed by atoms with Gasteiger partial charge >= 0.3 is 0 Å². The third kappa shape index (κ3) is 4.87. The van der Waals surface area contributed by atoms with E-state index in [9.17, 15) is 4.39 Å². The Morgan fingerprint density at radius 2 is 2.21 bits per heavy atom. The van der Waals surface area contributed by atoms with E-state index in [-0.39, 0.29) is 11.9 Å². The minimum atomic E-state index is -0.328. The number of morpholine rings is 1. The normalized spacial score (nSPS) is 18.3. The number of benzene rings is 1. The third-order valence-corrected chi connectivity index (χ3v) is 3.81. The Balaban J connectivity index is 1.40. The van der Waals surface area contributed by atoms with Crippen molar-refractivity contribution in [3.8, 4) is 5.75 Å². The van der Waals surface area contributed by atoms with E-state index < -0.39 is 0 Å². The molecule has 128 valence electrons. The molecule has 1 aliphatic rings. The van der Waals surface area contributed by atoms with Gasteiger partial charge in [-0.25, -0.2) is 4.39 Å². The van der Waals surface area contributed by atoms with Crippen molar-refractivity contribution in [3.05, 3.63) is 48.4 Å². The summed E-state index contributed by atoms with van der Waals surface area (Å²) >= 11 is 0. The Labute approximate surface area is 140 Å². The second kappa shape index (κ2) is 8.56. The van der Waals surface area contributed by atoms with Gasteiger partial charge in [-0.05, 0) is 24.3 Å². The minimum absolute atomic E-state index is 0.0780. The van der Waals surface area contributed by atoms with E-state index in [1.165, 1.54) is 6.07 Å². The molecular weight excluding hydrogens is 311 g/mol. The van der Waals surface area contributed by atoms with Gasteiger partial charge < -0.3 is 14.8 Å². The fourth-order valence-corrected chi connectivity index (χ4v) is 2.57. The van der Waals surface area contributed by atoms with E-state index in [4.69, 9.17) is 9.47 Å². The molecule has 2 heterocycles. The maximum absolute atomic E-state index is 13.5. The van der Waals surface area contributed by atoms with Crippen LogP contribution in [-0.4, -0.2) is 60.6 Å². The lowest BCUT2D eigenvalue weighted by Crippen LogP contribution is -2.46. The van der Waals surface area contributed by atoms with Crippen molar-refractivity contribution in [1.82, 2.24) is 15.1 Å². The molecule has 1 saturated heterocycles. The molecule has 1 aliphatic heterocycles. The zero-order chi connectivity index (χ0) is 16.6. The van der Waals surface area contributed by atoms with Gasteiger partial charge in [-0.1, -0.05) is 12.1 Å². The number of rotatable bonds is 7. The summed E-state index contributed by atoms with van der Waals surface area (Å²) in [5, 5.41) is 11.0. The highest BCUT2D eigenvalue weighted by Crippen LogP contribution is 2.15. The van der Waals surface area contributed by atoms with Gasteiger partial charge in [0.1, 0.15) is 12.4 Å². The van der Waals surface area contributed by atoms with E-state index in [1.54, 1.807) is 24.4 Å². The minimum Gasteiger partial charge on any atom is -0.489 e. The summed E-state index contributed by atoms with van der Waals surface area (Å²) in [6, 6.07) is 10.2. The number of para-hydroxylation sites is 1. The number of aromatic nitrogens is 2. The van der Waals surface area contributed by atoms with Crippen molar-refractivity contribution in [2.45, 2.75) is 6.10 Å². The van der Waals surface area contributed by atoms with E-state index in [2.05, 4.69) is 20.4 Å². The standard InChI is InChI=1S/C17H21FN4O2/c18-15-4-1-2-5-16(15)24-11-9-22-8-10-23-14(13-22)12-19-17-6-3-7-20-21-17/h1-7,14H,8-13H2,(H,19,21)/t14-/m0/s1. The van der Waals surface area contributed by atoms with Crippen LogP contribution in [0.4, 0.5) is 10.2 Å². The second-order valence-electron chi connectivity index (χ2n) is 5.56. The first-order chi connectivity index (χ1) is 11.8. The summed E-state index contributed by atoms with van der Waals surface area (Å²) in [7, 11) is 0. The van der Waals surface area contributed by atoms with Crippen LogP contribution in [0, 0.1) is 5.82 Å². The summed E-state index contributed by atoms with van der Waals surface area (Å²) in [6.07, 6.45) is 1.72. The van der Waals surface area contributed by atoms with Crippen molar-refractivity contribution in [2.24, 2.45) is 0 Å². The first kappa shape index (κ1) is 16.6. The van der Waals surface area contributed by atoms with Crippen molar-refractivity contribution in [2.75, 3.05) is 44.7 Å². The average Bonchev–Trinajstić information content (AvgIpc) is 2.63. The molecule has 0 radical (unpaired) electrons. The Morgan fingerprint density at radius 1 is 1.29 bits per heavy atom. The van der Waals surface area contributed by atoms with Gasteiger partial charge in [-0.15, -0.1) is 5.10 Å². The van der Waals surface area contributed by atoms with Gasteiger partial charge in [0, 0.05) is 32.4 Å². The summed E-state index contributed by atoms with van der Waals surface area (Å²) in [5.74, 6) is 0.707. The van der Waals surface area contributed by atoms with Gasteiger partial charge in [0.25, 0.3) is 0 Å². The predicted molar refractivity (Wildman–Crippen MR) is 88.6 cm³/mol. The number of hydrogen-bond acceptors (Lipinski definition) is 6. The highest BCUT2D eigenvalue weighted by atomic mass is 19.1. The third-order valence-electron chi connectivity index (χ3n) is 3.81. The maximum atomic E-state index is 13.5. The van der Waals surface area contributed by atoms with Gasteiger partial charge in [-0.3, -0.25) is 4.90 Å².